The molecule has 32 heavy (non-hydrogen) atoms. The number of carbonyl (C=O) groups is 3. The maximum Gasteiger partial charge on any atom is 0.410 e. The highest BCUT2D eigenvalue weighted by molar-refractivity contribution is 5.81. The average Bonchev–Trinajstić information content (AvgIpc) is 3.08. The van der Waals surface area contributed by atoms with Crippen molar-refractivity contribution in [3.8, 4) is 0 Å². The molecule has 4 saturated carbocycles. The second kappa shape index (κ2) is 8.08. The number of hydrogen-bond donors (Lipinski definition) is 3. The molecule has 0 aromatic rings. The van der Waals surface area contributed by atoms with Gasteiger partial charge in [0.25, 0.3) is 0 Å². The molecule has 4 aliphatic carbocycles. The van der Waals surface area contributed by atoms with E-state index in [2.05, 4.69) is 0 Å². The van der Waals surface area contributed by atoms with Crippen molar-refractivity contribution < 1.29 is 29.3 Å². The molecule has 5 rings (SSSR count). The van der Waals surface area contributed by atoms with Gasteiger partial charge in [-0.15, -0.1) is 0 Å². The number of nitrogens with two attached hydrogens (primary N) is 1. The lowest BCUT2D eigenvalue weighted by atomic mass is 9.44. The fourth-order valence-corrected chi connectivity index (χ4v) is 7.57. The molecule has 5 fully saturated rings. The minimum Gasteiger partial charge on any atom is -0.465 e. The highest BCUT2D eigenvalue weighted by Gasteiger charge is 2.62. The number of aliphatic hydroxyl groups excluding tert-OH is 1. The van der Waals surface area contributed by atoms with E-state index >= 15 is 0 Å². The van der Waals surface area contributed by atoms with Crippen LogP contribution < -0.4 is 5.73 Å². The average molecular weight is 452 g/mol. The number of aliphatic hydroxyl groups is 1. The zero-order chi connectivity index (χ0) is 23.4. The second-order valence-corrected chi connectivity index (χ2v) is 11.4. The van der Waals surface area contributed by atoms with Crippen molar-refractivity contribution >= 4 is 18.1 Å². The predicted molar refractivity (Wildman–Crippen MR) is 116 cm³/mol. The summed E-state index contributed by atoms with van der Waals surface area (Å²) in [4.78, 5) is 40.6. The molecule has 1 saturated heterocycles. The summed E-state index contributed by atoms with van der Waals surface area (Å²) in [6.07, 6.45) is 3.25. The zero-order valence-corrected chi connectivity index (χ0v) is 19.3. The van der Waals surface area contributed by atoms with E-state index < -0.39 is 23.2 Å². The van der Waals surface area contributed by atoms with Crippen LogP contribution in [0.5, 0.6) is 0 Å². The zero-order valence-electron chi connectivity index (χ0n) is 19.3. The Kier molecular flexibility index (Phi) is 5.84. The minimum atomic E-state index is -0.982. The highest BCUT2D eigenvalue weighted by atomic mass is 16.6. The van der Waals surface area contributed by atoms with Crippen LogP contribution in [0, 0.1) is 29.1 Å². The third kappa shape index (κ3) is 3.93. The Morgan fingerprint density at radius 1 is 1.16 bits per heavy atom. The Bertz CT molecular complexity index is 764. The molecule has 3 amide bonds. The van der Waals surface area contributed by atoms with Crippen molar-refractivity contribution in [2.24, 2.45) is 34.8 Å². The molecule has 0 spiro atoms. The molecular formula is C23H37N3O6. The molecule has 9 nitrogen and oxygen atoms in total. The first-order chi connectivity index (χ1) is 15.0. The van der Waals surface area contributed by atoms with Gasteiger partial charge in [-0.2, -0.15) is 0 Å². The monoisotopic (exact) mass is 451 g/mol. The van der Waals surface area contributed by atoms with E-state index in [0.717, 1.165) is 19.3 Å². The van der Waals surface area contributed by atoms with Crippen LogP contribution in [0.4, 0.5) is 9.59 Å². The lowest BCUT2D eigenvalue weighted by Gasteiger charge is -2.61. The number of ether oxygens (including phenoxy) is 1. The molecule has 4 unspecified atom stereocenters. The van der Waals surface area contributed by atoms with Gasteiger partial charge in [-0.1, -0.05) is 0 Å². The normalized spacial score (nSPS) is 38.1. The molecule has 4 atom stereocenters. The standard InChI is InChI=1S/C23H37N3O6/c1-22(2,3)32-21(31)25(6-7-27)16-4-5-26(20(29)30)18(16)17-14-8-13-9-15(17)12-23(10-13,11-14)19(24)28/h13-18,27H,4-12H2,1-3H3,(H2,24,28)(H,29,30). The summed E-state index contributed by atoms with van der Waals surface area (Å²) in [5.41, 5.74) is 4.69. The maximum absolute atomic E-state index is 13.1. The largest absolute Gasteiger partial charge is 0.465 e. The third-order valence-electron chi connectivity index (χ3n) is 8.30. The number of hydrogen-bond acceptors (Lipinski definition) is 5. The smallest absolute Gasteiger partial charge is 0.410 e. The molecule has 0 radical (unpaired) electrons. The van der Waals surface area contributed by atoms with E-state index in [1.807, 2.05) is 0 Å². The molecular weight excluding hydrogens is 414 g/mol. The molecule has 4 bridgehead atoms. The number of carbonyl (C=O) groups excluding carboxylic acids is 2. The summed E-state index contributed by atoms with van der Waals surface area (Å²) in [6, 6.07) is -0.730. The van der Waals surface area contributed by atoms with Gasteiger partial charge in [0.2, 0.25) is 5.91 Å². The van der Waals surface area contributed by atoms with Crippen LogP contribution in [0.1, 0.15) is 59.3 Å². The van der Waals surface area contributed by atoms with Gasteiger partial charge < -0.3 is 30.5 Å². The number of carboxylic acid groups (broad SMARTS) is 1. The number of amides is 3. The molecule has 9 heteroatoms. The van der Waals surface area contributed by atoms with Crippen molar-refractivity contribution in [3.05, 3.63) is 0 Å². The topological polar surface area (TPSA) is 133 Å². The predicted octanol–water partition coefficient (Wildman–Crippen LogP) is 2.26. The first kappa shape index (κ1) is 23.1. The lowest BCUT2D eigenvalue weighted by molar-refractivity contribution is -0.155. The van der Waals surface area contributed by atoms with Crippen molar-refractivity contribution in [2.45, 2.75) is 77.0 Å². The van der Waals surface area contributed by atoms with Crippen LogP contribution in [0.15, 0.2) is 0 Å². The van der Waals surface area contributed by atoms with Gasteiger partial charge in [0.15, 0.2) is 0 Å². The van der Waals surface area contributed by atoms with E-state index in [1.165, 1.54) is 9.80 Å². The number of nitrogens with zero attached hydrogens (tertiary/aromatic N) is 2. The Morgan fingerprint density at radius 3 is 2.28 bits per heavy atom. The fourth-order valence-electron chi connectivity index (χ4n) is 7.57. The van der Waals surface area contributed by atoms with Gasteiger partial charge in [0.1, 0.15) is 5.60 Å². The van der Waals surface area contributed by atoms with Gasteiger partial charge in [-0.05, 0) is 83.0 Å². The van der Waals surface area contributed by atoms with E-state index in [1.54, 1.807) is 20.8 Å². The van der Waals surface area contributed by atoms with E-state index in [-0.39, 0.29) is 48.9 Å². The van der Waals surface area contributed by atoms with Gasteiger partial charge in [-0.25, -0.2) is 9.59 Å². The third-order valence-corrected chi connectivity index (χ3v) is 8.30. The minimum absolute atomic E-state index is 0.0752. The van der Waals surface area contributed by atoms with E-state index in [4.69, 9.17) is 10.5 Å². The highest BCUT2D eigenvalue weighted by Crippen LogP contribution is 2.63. The number of primary amides is 1. The second-order valence-electron chi connectivity index (χ2n) is 11.4. The van der Waals surface area contributed by atoms with Crippen LogP contribution in [-0.2, 0) is 9.53 Å². The molecule has 180 valence electrons. The van der Waals surface area contributed by atoms with Crippen LogP contribution in [0.2, 0.25) is 0 Å². The molecule has 5 aliphatic rings. The van der Waals surface area contributed by atoms with Crippen molar-refractivity contribution in [1.82, 2.24) is 9.80 Å². The molecule has 1 heterocycles. The summed E-state index contributed by atoms with van der Waals surface area (Å²) >= 11 is 0. The summed E-state index contributed by atoms with van der Waals surface area (Å²) in [7, 11) is 0. The van der Waals surface area contributed by atoms with Crippen LogP contribution in [0.25, 0.3) is 0 Å². The van der Waals surface area contributed by atoms with E-state index in [9.17, 15) is 24.6 Å². The first-order valence-electron chi connectivity index (χ1n) is 11.9. The summed E-state index contributed by atoms with van der Waals surface area (Å²) in [6.45, 7) is 5.59. The molecule has 1 aliphatic heterocycles. The number of rotatable bonds is 5. The Hall–Kier alpha value is -2.03. The lowest BCUT2D eigenvalue weighted by Crippen LogP contribution is -2.63. The molecule has 4 N–H and O–H groups in total. The Labute approximate surface area is 189 Å². The van der Waals surface area contributed by atoms with Gasteiger partial charge >= 0.3 is 12.2 Å². The van der Waals surface area contributed by atoms with Gasteiger partial charge in [0.05, 0.1) is 18.7 Å². The van der Waals surface area contributed by atoms with Gasteiger partial charge in [-0.3, -0.25) is 4.79 Å². The van der Waals surface area contributed by atoms with Crippen molar-refractivity contribution in [3.63, 3.8) is 0 Å². The maximum atomic E-state index is 13.1. The van der Waals surface area contributed by atoms with Crippen molar-refractivity contribution in [1.29, 1.82) is 0 Å². The van der Waals surface area contributed by atoms with Crippen molar-refractivity contribution in [2.75, 3.05) is 19.7 Å². The van der Waals surface area contributed by atoms with Gasteiger partial charge in [0, 0.05) is 18.5 Å². The summed E-state index contributed by atoms with van der Waals surface area (Å²) in [5.74, 6) is 0.760. The van der Waals surface area contributed by atoms with E-state index in [0.29, 0.717) is 31.7 Å². The number of likely N-dealkylation sites (tertiary alicyclic amines) is 1. The van der Waals surface area contributed by atoms with Crippen LogP contribution >= 0.6 is 0 Å². The SMILES string of the molecule is CC(C)(C)OC(=O)N(CCO)C1CCN(C(=O)O)C1C1C2CC3CC1CC(C(N)=O)(C3)C2. The first-order valence-corrected chi connectivity index (χ1v) is 11.9. The Balaban J connectivity index is 1.66. The summed E-state index contributed by atoms with van der Waals surface area (Å²) < 4.78 is 5.61. The fraction of sp³-hybridized carbons (Fsp3) is 0.870. The molecule has 0 aromatic heterocycles. The van der Waals surface area contributed by atoms with Crippen LogP contribution in [-0.4, -0.2) is 75.5 Å². The molecule has 0 aromatic carbocycles. The summed E-state index contributed by atoms with van der Waals surface area (Å²) in [5, 5.41) is 19.7. The van der Waals surface area contributed by atoms with Crippen LogP contribution in [0.3, 0.4) is 0 Å². The Morgan fingerprint density at radius 2 is 1.78 bits per heavy atom. The quantitative estimate of drug-likeness (QED) is 0.587.